The molecule has 0 saturated carbocycles. The van der Waals surface area contributed by atoms with Crippen LogP contribution >= 0.6 is 0 Å². The Balaban J connectivity index is 0.000000483. The van der Waals surface area contributed by atoms with Gasteiger partial charge < -0.3 is 10.2 Å². The van der Waals surface area contributed by atoms with Gasteiger partial charge in [0, 0.05) is 0 Å². The van der Waals surface area contributed by atoms with Crippen LogP contribution in [-0.4, -0.2) is 23.1 Å². The molecule has 0 atom stereocenters. The fourth-order valence-corrected chi connectivity index (χ4v) is 2.91. The van der Waals surface area contributed by atoms with Crippen molar-refractivity contribution in [3.05, 3.63) is 59.7 Å². The maximum absolute atomic E-state index is 11.3. The maximum Gasteiger partial charge on any atom is 2.00 e. The minimum atomic E-state index is 0. The molecule has 0 heterocycles. The number of aryl methyl sites for hydroxylation is 2. The van der Waals surface area contributed by atoms with E-state index in [9.17, 15) is 10.2 Å². The Labute approximate surface area is 182 Å². The molecular weight excluding hydrogens is 345 g/mol. The minimum Gasteiger partial charge on any atom is -0.872 e. The summed E-state index contributed by atoms with van der Waals surface area (Å²) in [6, 6.07) is 14.7. The molecule has 144 valence electrons. The van der Waals surface area contributed by atoms with Crippen molar-refractivity contribution in [3.63, 3.8) is 0 Å². The first-order valence-corrected chi connectivity index (χ1v) is 10.2. The van der Waals surface area contributed by atoms with Crippen molar-refractivity contribution in [1.82, 2.24) is 0 Å². The predicted octanol–water partition coefficient (Wildman–Crippen LogP) is 5.39. The number of hydrogen-bond donors (Lipinski definition) is 0. The summed E-state index contributed by atoms with van der Waals surface area (Å²) in [5.41, 5.74) is 1.94. The molecule has 0 bridgehead atoms. The van der Waals surface area contributed by atoms with Crippen molar-refractivity contribution >= 4 is 23.1 Å². The Bertz CT molecular complexity index is 545. The third-order valence-electron chi connectivity index (χ3n) is 4.54. The van der Waals surface area contributed by atoms with E-state index < -0.39 is 0 Å². The first-order valence-electron chi connectivity index (χ1n) is 10.2. The first kappa shape index (κ1) is 25.8. The third-order valence-corrected chi connectivity index (χ3v) is 4.54. The molecule has 2 aromatic rings. The topological polar surface area (TPSA) is 46.1 Å². The Kier molecular flexibility index (Phi) is 16.2. The SMILES string of the molecule is CCCCCCc1ccccc1[O-].CCCCCCc1ccccc1[O-].[Mg+2]. The quantitative estimate of drug-likeness (QED) is 0.411. The Morgan fingerprint density at radius 3 is 1.26 bits per heavy atom. The monoisotopic (exact) mass is 378 g/mol. The maximum atomic E-state index is 11.3. The molecule has 0 aromatic heterocycles. The number of benzene rings is 2. The van der Waals surface area contributed by atoms with Gasteiger partial charge in [-0.1, -0.05) is 112 Å². The summed E-state index contributed by atoms with van der Waals surface area (Å²) in [6.07, 6.45) is 11.7. The van der Waals surface area contributed by atoms with Crippen LogP contribution in [0.4, 0.5) is 0 Å². The largest absolute Gasteiger partial charge is 2.00 e. The van der Waals surface area contributed by atoms with Gasteiger partial charge >= 0.3 is 23.1 Å². The second-order valence-corrected chi connectivity index (χ2v) is 6.84. The fourth-order valence-electron chi connectivity index (χ4n) is 2.91. The van der Waals surface area contributed by atoms with Gasteiger partial charge in [0.2, 0.25) is 0 Å². The molecule has 3 heteroatoms. The summed E-state index contributed by atoms with van der Waals surface area (Å²) in [4.78, 5) is 0. The van der Waals surface area contributed by atoms with Crippen LogP contribution in [0.25, 0.3) is 0 Å². The Hall–Kier alpha value is -1.19. The smallest absolute Gasteiger partial charge is 0.872 e. The van der Waals surface area contributed by atoms with Gasteiger partial charge in [0.15, 0.2) is 0 Å². The van der Waals surface area contributed by atoms with Crippen molar-refractivity contribution in [2.45, 2.75) is 78.1 Å². The summed E-state index contributed by atoms with van der Waals surface area (Å²) >= 11 is 0. The first-order chi connectivity index (χ1) is 12.7. The summed E-state index contributed by atoms with van der Waals surface area (Å²) in [7, 11) is 0. The molecule has 0 fully saturated rings. The van der Waals surface area contributed by atoms with Crippen LogP contribution in [0.3, 0.4) is 0 Å². The van der Waals surface area contributed by atoms with Crippen molar-refractivity contribution in [2.24, 2.45) is 0 Å². The van der Waals surface area contributed by atoms with Gasteiger partial charge in [-0.25, -0.2) is 0 Å². The Morgan fingerprint density at radius 1 is 0.556 bits per heavy atom. The zero-order valence-electron chi connectivity index (χ0n) is 17.2. The fraction of sp³-hybridized carbons (Fsp3) is 0.500. The van der Waals surface area contributed by atoms with Crippen LogP contribution in [-0.2, 0) is 12.8 Å². The zero-order chi connectivity index (χ0) is 19.0. The van der Waals surface area contributed by atoms with E-state index in [0.717, 1.165) is 36.8 Å². The summed E-state index contributed by atoms with van der Waals surface area (Å²) in [5.74, 6) is 0.387. The van der Waals surface area contributed by atoms with Gasteiger partial charge in [-0.2, -0.15) is 0 Å². The average Bonchev–Trinajstić information content (AvgIpc) is 2.66. The molecule has 0 amide bonds. The second kappa shape index (κ2) is 16.9. The van der Waals surface area contributed by atoms with Crippen LogP contribution in [0.5, 0.6) is 11.5 Å². The average molecular weight is 379 g/mol. The number of unbranched alkanes of at least 4 members (excludes halogenated alkanes) is 6. The van der Waals surface area contributed by atoms with E-state index in [1.54, 1.807) is 24.3 Å². The zero-order valence-corrected chi connectivity index (χ0v) is 18.6. The molecule has 0 spiro atoms. The van der Waals surface area contributed by atoms with Crippen LogP contribution < -0.4 is 10.2 Å². The molecule has 0 radical (unpaired) electrons. The van der Waals surface area contributed by atoms with Gasteiger partial charge in [-0.15, -0.1) is 11.5 Å². The van der Waals surface area contributed by atoms with E-state index in [-0.39, 0.29) is 34.6 Å². The molecule has 2 aromatic carbocycles. The van der Waals surface area contributed by atoms with Crippen molar-refractivity contribution in [1.29, 1.82) is 0 Å². The van der Waals surface area contributed by atoms with E-state index >= 15 is 0 Å². The summed E-state index contributed by atoms with van der Waals surface area (Å²) in [6.45, 7) is 4.39. The number of para-hydroxylation sites is 2. The van der Waals surface area contributed by atoms with Crippen molar-refractivity contribution in [2.75, 3.05) is 0 Å². The molecule has 2 nitrogen and oxygen atoms in total. The van der Waals surface area contributed by atoms with E-state index in [0.29, 0.717) is 0 Å². The molecule has 0 aliphatic carbocycles. The summed E-state index contributed by atoms with van der Waals surface area (Å²) < 4.78 is 0. The van der Waals surface area contributed by atoms with Gasteiger partial charge in [-0.3, -0.25) is 0 Å². The Morgan fingerprint density at radius 2 is 0.926 bits per heavy atom. The molecule has 0 aliphatic rings. The van der Waals surface area contributed by atoms with E-state index in [2.05, 4.69) is 13.8 Å². The third kappa shape index (κ3) is 12.0. The van der Waals surface area contributed by atoms with Crippen LogP contribution in [0.2, 0.25) is 0 Å². The minimum absolute atomic E-state index is 0. The van der Waals surface area contributed by atoms with Crippen molar-refractivity contribution in [3.8, 4) is 11.5 Å². The van der Waals surface area contributed by atoms with E-state index in [4.69, 9.17) is 0 Å². The molecule has 2 rings (SSSR count). The van der Waals surface area contributed by atoms with E-state index in [1.165, 1.54) is 38.5 Å². The van der Waals surface area contributed by atoms with Crippen LogP contribution in [0.15, 0.2) is 48.5 Å². The van der Waals surface area contributed by atoms with Crippen molar-refractivity contribution < 1.29 is 10.2 Å². The van der Waals surface area contributed by atoms with E-state index in [1.807, 2.05) is 24.3 Å². The van der Waals surface area contributed by atoms with Gasteiger partial charge in [0.05, 0.1) is 0 Å². The summed E-state index contributed by atoms with van der Waals surface area (Å²) in [5, 5.41) is 22.6. The van der Waals surface area contributed by atoms with Crippen LogP contribution in [0.1, 0.15) is 76.3 Å². The normalized spacial score (nSPS) is 9.85. The van der Waals surface area contributed by atoms with Gasteiger partial charge in [0.1, 0.15) is 0 Å². The molecule has 0 unspecified atom stereocenters. The molecular formula is C24H34MgO2. The van der Waals surface area contributed by atoms with Gasteiger partial charge in [-0.05, 0) is 25.7 Å². The second-order valence-electron chi connectivity index (χ2n) is 6.84. The van der Waals surface area contributed by atoms with Gasteiger partial charge in [0.25, 0.3) is 0 Å². The standard InChI is InChI=1S/2C12H18O.Mg/c2*1-2-3-4-5-8-11-9-6-7-10-12(11)13;/h2*6-7,9-10,13H,2-5,8H2,1H3;/q;;+2/p-2. The van der Waals surface area contributed by atoms with Crippen LogP contribution in [0, 0.1) is 0 Å². The predicted molar refractivity (Wildman–Crippen MR) is 113 cm³/mol. The molecule has 0 aliphatic heterocycles. The number of hydrogen-bond acceptors (Lipinski definition) is 2. The molecule has 27 heavy (non-hydrogen) atoms. The molecule has 0 N–H and O–H groups in total. The molecule has 0 saturated heterocycles. The number of rotatable bonds is 10.